The van der Waals surface area contributed by atoms with Crippen molar-refractivity contribution in [2.75, 3.05) is 14.1 Å². The minimum absolute atomic E-state index is 0.185. The second kappa shape index (κ2) is 6.27. The standard InChI is InChI=1S/C15H18FNO2/c1-15(11-18,14(19)7-8-17(2)3)10-12-5-4-6-13(16)9-12/h4-9,11H,10H2,1-3H3/b8-7+/t15-/m1/s1. The molecule has 0 aromatic heterocycles. The second-order valence-electron chi connectivity index (χ2n) is 4.99. The van der Waals surface area contributed by atoms with Crippen molar-refractivity contribution in [1.82, 2.24) is 4.90 Å². The number of halogens is 1. The molecule has 1 aromatic carbocycles. The maximum Gasteiger partial charge on any atom is 0.170 e. The fourth-order valence-electron chi connectivity index (χ4n) is 1.66. The quantitative estimate of drug-likeness (QED) is 0.448. The first-order chi connectivity index (χ1) is 8.87. The van der Waals surface area contributed by atoms with Crippen LogP contribution in [-0.2, 0) is 16.0 Å². The van der Waals surface area contributed by atoms with Crippen LogP contribution in [0.5, 0.6) is 0 Å². The zero-order valence-corrected chi connectivity index (χ0v) is 11.4. The Bertz CT molecular complexity index is 497. The molecule has 1 atom stereocenters. The molecule has 0 aliphatic heterocycles. The topological polar surface area (TPSA) is 37.4 Å². The van der Waals surface area contributed by atoms with Crippen LogP contribution in [0.4, 0.5) is 4.39 Å². The van der Waals surface area contributed by atoms with Gasteiger partial charge in [-0.3, -0.25) is 4.79 Å². The number of hydrogen-bond acceptors (Lipinski definition) is 3. The van der Waals surface area contributed by atoms with Gasteiger partial charge in [-0.05, 0) is 37.1 Å². The lowest BCUT2D eigenvalue weighted by atomic mass is 9.81. The number of hydrogen-bond donors (Lipinski definition) is 0. The molecule has 1 rings (SSSR count). The summed E-state index contributed by atoms with van der Waals surface area (Å²) in [6.45, 7) is 1.56. The summed E-state index contributed by atoms with van der Waals surface area (Å²) in [6, 6.07) is 5.93. The van der Waals surface area contributed by atoms with Gasteiger partial charge in [-0.2, -0.15) is 0 Å². The van der Waals surface area contributed by atoms with Gasteiger partial charge in [0.25, 0.3) is 0 Å². The van der Waals surface area contributed by atoms with Crippen molar-refractivity contribution < 1.29 is 14.0 Å². The second-order valence-corrected chi connectivity index (χ2v) is 4.99. The van der Waals surface area contributed by atoms with E-state index < -0.39 is 5.41 Å². The van der Waals surface area contributed by atoms with E-state index in [-0.39, 0.29) is 18.0 Å². The smallest absolute Gasteiger partial charge is 0.170 e. The van der Waals surface area contributed by atoms with Gasteiger partial charge >= 0.3 is 0 Å². The van der Waals surface area contributed by atoms with Crippen LogP contribution in [0.25, 0.3) is 0 Å². The van der Waals surface area contributed by atoms with E-state index in [9.17, 15) is 14.0 Å². The highest BCUT2D eigenvalue weighted by atomic mass is 19.1. The van der Waals surface area contributed by atoms with Crippen molar-refractivity contribution in [3.05, 3.63) is 47.9 Å². The van der Waals surface area contributed by atoms with Crippen LogP contribution in [0.15, 0.2) is 36.5 Å². The molecular formula is C15H18FNO2. The summed E-state index contributed by atoms with van der Waals surface area (Å²) in [5.74, 6) is -0.664. The molecule has 0 saturated carbocycles. The van der Waals surface area contributed by atoms with Gasteiger partial charge in [-0.25, -0.2) is 4.39 Å². The number of carbonyl (C=O) groups excluding carboxylic acids is 2. The van der Waals surface area contributed by atoms with Gasteiger partial charge in [0.1, 0.15) is 12.1 Å². The van der Waals surface area contributed by atoms with Crippen LogP contribution in [0.3, 0.4) is 0 Å². The zero-order valence-electron chi connectivity index (χ0n) is 11.4. The van der Waals surface area contributed by atoms with Crippen molar-refractivity contribution in [3.8, 4) is 0 Å². The van der Waals surface area contributed by atoms with E-state index in [1.807, 2.05) is 0 Å². The lowest BCUT2D eigenvalue weighted by molar-refractivity contribution is -0.130. The molecule has 0 aliphatic rings. The Morgan fingerprint density at radius 3 is 2.63 bits per heavy atom. The minimum atomic E-state index is -1.17. The normalized spacial score (nSPS) is 14.1. The molecule has 0 spiro atoms. The Labute approximate surface area is 112 Å². The molecule has 0 amide bonds. The third-order valence-corrected chi connectivity index (χ3v) is 2.81. The van der Waals surface area contributed by atoms with Crippen LogP contribution in [0, 0.1) is 11.2 Å². The molecule has 0 unspecified atom stereocenters. The highest BCUT2D eigenvalue weighted by Crippen LogP contribution is 2.22. The van der Waals surface area contributed by atoms with E-state index in [1.165, 1.54) is 18.2 Å². The molecule has 0 bridgehead atoms. The maximum atomic E-state index is 13.1. The summed E-state index contributed by atoms with van der Waals surface area (Å²) in [4.78, 5) is 25.0. The molecule has 0 radical (unpaired) electrons. The van der Waals surface area contributed by atoms with Gasteiger partial charge in [0.15, 0.2) is 5.78 Å². The average molecular weight is 263 g/mol. The number of carbonyl (C=O) groups is 2. The Morgan fingerprint density at radius 1 is 1.42 bits per heavy atom. The van der Waals surface area contributed by atoms with E-state index in [2.05, 4.69) is 0 Å². The van der Waals surface area contributed by atoms with E-state index in [4.69, 9.17) is 0 Å². The lowest BCUT2D eigenvalue weighted by Gasteiger charge is -2.20. The fourth-order valence-corrected chi connectivity index (χ4v) is 1.66. The molecular weight excluding hydrogens is 245 g/mol. The van der Waals surface area contributed by atoms with E-state index >= 15 is 0 Å². The minimum Gasteiger partial charge on any atom is -0.383 e. The molecule has 4 heteroatoms. The summed E-state index contributed by atoms with van der Waals surface area (Å²) < 4.78 is 13.1. The van der Waals surface area contributed by atoms with Crippen molar-refractivity contribution in [2.24, 2.45) is 5.41 Å². The van der Waals surface area contributed by atoms with Crippen LogP contribution >= 0.6 is 0 Å². The first-order valence-corrected chi connectivity index (χ1v) is 5.97. The third-order valence-electron chi connectivity index (χ3n) is 2.81. The molecule has 19 heavy (non-hydrogen) atoms. The summed E-state index contributed by atoms with van der Waals surface area (Å²) in [6.07, 6.45) is 3.77. The lowest BCUT2D eigenvalue weighted by Crippen LogP contribution is -2.31. The van der Waals surface area contributed by atoms with Crippen LogP contribution in [0.2, 0.25) is 0 Å². The molecule has 0 heterocycles. The van der Waals surface area contributed by atoms with Gasteiger partial charge in [0.2, 0.25) is 0 Å². The van der Waals surface area contributed by atoms with Gasteiger partial charge < -0.3 is 9.69 Å². The Hall–Kier alpha value is -1.97. The predicted molar refractivity (Wildman–Crippen MR) is 72.1 cm³/mol. The van der Waals surface area contributed by atoms with Crippen LogP contribution < -0.4 is 0 Å². The van der Waals surface area contributed by atoms with Crippen molar-refractivity contribution in [2.45, 2.75) is 13.3 Å². The highest BCUT2D eigenvalue weighted by molar-refractivity contribution is 6.04. The Balaban J connectivity index is 2.92. The van der Waals surface area contributed by atoms with Crippen LogP contribution in [-0.4, -0.2) is 31.1 Å². The predicted octanol–water partition coefficient (Wildman–Crippen LogP) is 2.22. The van der Waals surface area contributed by atoms with Gasteiger partial charge in [-0.1, -0.05) is 12.1 Å². The summed E-state index contributed by atoms with van der Waals surface area (Å²) in [7, 11) is 3.57. The summed E-state index contributed by atoms with van der Waals surface area (Å²) >= 11 is 0. The first kappa shape index (κ1) is 15.1. The first-order valence-electron chi connectivity index (χ1n) is 5.97. The largest absolute Gasteiger partial charge is 0.383 e. The number of aldehydes is 1. The van der Waals surface area contributed by atoms with Crippen LogP contribution in [0.1, 0.15) is 12.5 Å². The molecule has 0 saturated heterocycles. The van der Waals surface area contributed by atoms with E-state index in [0.717, 1.165) is 0 Å². The SMILES string of the molecule is CN(C)/C=C/C(=O)[C@@](C)(C=O)Cc1cccc(F)c1. The van der Waals surface area contributed by atoms with Gasteiger partial charge in [0, 0.05) is 20.3 Å². The third kappa shape index (κ3) is 4.32. The summed E-state index contributed by atoms with van der Waals surface area (Å²) in [5, 5.41) is 0. The number of ketones is 1. The maximum absolute atomic E-state index is 13.1. The number of allylic oxidation sites excluding steroid dienone is 1. The fraction of sp³-hybridized carbons (Fsp3) is 0.333. The highest BCUT2D eigenvalue weighted by Gasteiger charge is 2.31. The van der Waals surface area contributed by atoms with E-state index in [1.54, 1.807) is 44.3 Å². The number of nitrogens with zero attached hydrogens (tertiary/aromatic N) is 1. The van der Waals surface area contributed by atoms with E-state index in [0.29, 0.717) is 11.8 Å². The monoisotopic (exact) mass is 263 g/mol. The average Bonchev–Trinajstić information content (AvgIpc) is 2.35. The molecule has 0 aliphatic carbocycles. The summed E-state index contributed by atoms with van der Waals surface area (Å²) in [5.41, 5.74) is -0.540. The Morgan fingerprint density at radius 2 is 2.11 bits per heavy atom. The molecule has 3 nitrogen and oxygen atoms in total. The van der Waals surface area contributed by atoms with Gasteiger partial charge in [0.05, 0.1) is 5.41 Å². The van der Waals surface area contributed by atoms with Crippen molar-refractivity contribution >= 4 is 12.1 Å². The van der Waals surface area contributed by atoms with Crippen molar-refractivity contribution in [3.63, 3.8) is 0 Å². The molecule has 0 N–H and O–H groups in total. The zero-order chi connectivity index (χ0) is 14.5. The van der Waals surface area contributed by atoms with Crippen molar-refractivity contribution in [1.29, 1.82) is 0 Å². The molecule has 1 aromatic rings. The number of benzene rings is 1. The number of rotatable bonds is 6. The molecule has 0 fully saturated rings. The van der Waals surface area contributed by atoms with Gasteiger partial charge in [-0.15, -0.1) is 0 Å². The Kier molecular flexibility index (Phi) is 4.98. The molecule has 102 valence electrons.